The Kier molecular flexibility index (Phi) is 3.84. The van der Waals surface area contributed by atoms with E-state index in [9.17, 15) is 29.4 Å². The van der Waals surface area contributed by atoms with Crippen LogP contribution in [0, 0.1) is 34.5 Å². The van der Waals surface area contributed by atoms with Gasteiger partial charge in [0.2, 0.25) is 5.79 Å². The van der Waals surface area contributed by atoms with Crippen LogP contribution in [0.1, 0.15) is 52.9 Å². The number of carbonyl (C=O) groups is 4. The molecule has 40 heavy (non-hydrogen) atoms. The molecule has 2 saturated carbocycles. The normalized spacial score (nSPS) is 61.9. The standard InChI is InChI=1S/C28H30O12/c1-22-9-17-24(3)28-18(22)19(31)27(39-28,35-10-14(22)20(32)36-17)13-7-16(30)26-8-11(38-40-26)6-15(29)23(26,2)12(13)4-5-25(28,34)21(33)37-24/h8,12-14,16-18,30,34H,4-7,9-10H2,1-3H3. The van der Waals surface area contributed by atoms with E-state index in [0.717, 1.165) is 0 Å². The van der Waals surface area contributed by atoms with Crippen molar-refractivity contribution in [3.05, 3.63) is 11.8 Å². The van der Waals surface area contributed by atoms with Crippen molar-refractivity contribution in [3.8, 4) is 0 Å². The molecule has 5 saturated heterocycles. The predicted molar refractivity (Wildman–Crippen MR) is 124 cm³/mol. The van der Waals surface area contributed by atoms with Gasteiger partial charge < -0.3 is 34.0 Å². The number of ether oxygens (including phenoxy) is 4. The van der Waals surface area contributed by atoms with Gasteiger partial charge in [0.05, 0.1) is 36.4 Å². The van der Waals surface area contributed by atoms with Crippen molar-refractivity contribution in [2.75, 3.05) is 6.61 Å². The van der Waals surface area contributed by atoms with Crippen molar-refractivity contribution in [2.24, 2.45) is 34.5 Å². The van der Waals surface area contributed by atoms with Gasteiger partial charge in [-0.25, -0.2) is 4.79 Å². The number of fused-ring (bicyclic) bond motifs is 4. The highest BCUT2D eigenvalue weighted by Gasteiger charge is 2.93. The summed E-state index contributed by atoms with van der Waals surface area (Å²) in [7, 11) is 0. The zero-order chi connectivity index (χ0) is 28.0. The molecule has 3 aliphatic carbocycles. The van der Waals surface area contributed by atoms with Crippen molar-refractivity contribution in [1.29, 1.82) is 0 Å². The zero-order valence-corrected chi connectivity index (χ0v) is 22.3. The Balaban J connectivity index is 1.33. The summed E-state index contributed by atoms with van der Waals surface area (Å²) in [5, 5.41) is 24.1. The first kappa shape index (κ1) is 24.2. The number of rotatable bonds is 0. The lowest BCUT2D eigenvalue weighted by atomic mass is 9.46. The maximum atomic E-state index is 15.0. The molecule has 0 radical (unpaired) electrons. The van der Waals surface area contributed by atoms with Gasteiger partial charge in [-0.2, -0.15) is 4.89 Å². The van der Waals surface area contributed by atoms with Crippen LogP contribution in [0.4, 0.5) is 0 Å². The topological polar surface area (TPSA) is 164 Å². The van der Waals surface area contributed by atoms with E-state index >= 15 is 0 Å². The predicted octanol–water partition coefficient (Wildman–Crippen LogP) is 0.0198. The number of hydrogen-bond acceptors (Lipinski definition) is 12. The fourth-order valence-corrected chi connectivity index (χ4v) is 10.9. The van der Waals surface area contributed by atoms with Crippen LogP contribution in [0.25, 0.3) is 0 Å². The molecule has 13 atom stereocenters. The number of aliphatic hydroxyl groups is 2. The fourth-order valence-electron chi connectivity index (χ4n) is 10.9. The van der Waals surface area contributed by atoms with Gasteiger partial charge in [0.15, 0.2) is 28.2 Å². The molecular weight excluding hydrogens is 528 g/mol. The molecule has 0 amide bonds. The maximum Gasteiger partial charge on any atom is 0.342 e. The number of carbonyl (C=O) groups excluding carboxylic acids is 4. The molecule has 6 aliphatic heterocycles. The second kappa shape index (κ2) is 6.34. The SMILES string of the molecule is CC12CC3OC(=O)C1COC14OC5(C2C1=O)C(O)(CCC1C4CC(O)C24C=C(CC(=O)C12C)OO4)C(=O)OC35C. The Morgan fingerprint density at radius 2 is 1.85 bits per heavy atom. The molecule has 0 aromatic rings. The summed E-state index contributed by atoms with van der Waals surface area (Å²) >= 11 is 0. The molecule has 0 aromatic heterocycles. The van der Waals surface area contributed by atoms with E-state index < -0.39 is 92.6 Å². The lowest BCUT2D eigenvalue weighted by molar-refractivity contribution is -0.393. The summed E-state index contributed by atoms with van der Waals surface area (Å²) in [4.78, 5) is 67.1. The monoisotopic (exact) mass is 558 g/mol. The molecule has 7 fully saturated rings. The minimum atomic E-state index is -2.30. The maximum absolute atomic E-state index is 15.0. The molecule has 7 bridgehead atoms. The van der Waals surface area contributed by atoms with Crippen molar-refractivity contribution < 1.29 is 58.1 Å². The van der Waals surface area contributed by atoms with E-state index in [4.69, 9.17) is 28.7 Å². The number of hydrogen-bond donors (Lipinski definition) is 2. The van der Waals surface area contributed by atoms with Gasteiger partial charge in [-0.1, -0.05) is 6.92 Å². The third-order valence-electron chi connectivity index (χ3n) is 12.9. The smallest absolute Gasteiger partial charge is 0.342 e. The van der Waals surface area contributed by atoms with Crippen LogP contribution in [-0.4, -0.2) is 80.7 Å². The van der Waals surface area contributed by atoms with Crippen molar-refractivity contribution in [3.63, 3.8) is 0 Å². The van der Waals surface area contributed by atoms with Gasteiger partial charge >= 0.3 is 11.9 Å². The van der Waals surface area contributed by atoms with Crippen LogP contribution in [0.3, 0.4) is 0 Å². The Hall–Kier alpha value is -2.38. The van der Waals surface area contributed by atoms with Crippen LogP contribution >= 0.6 is 0 Å². The first-order valence-electron chi connectivity index (χ1n) is 14.1. The highest BCUT2D eigenvalue weighted by atomic mass is 17.2. The van der Waals surface area contributed by atoms with Crippen LogP contribution in [-0.2, 0) is 47.9 Å². The summed E-state index contributed by atoms with van der Waals surface area (Å²) in [6.45, 7) is 4.85. The second-order valence-corrected chi connectivity index (χ2v) is 14.0. The average molecular weight is 559 g/mol. The van der Waals surface area contributed by atoms with E-state index in [2.05, 4.69) is 0 Å². The summed E-state index contributed by atoms with van der Waals surface area (Å²) in [5.74, 6) is -7.61. The highest BCUT2D eigenvalue weighted by Crippen LogP contribution is 2.76. The van der Waals surface area contributed by atoms with Gasteiger partial charge in [0, 0.05) is 5.92 Å². The summed E-state index contributed by atoms with van der Waals surface area (Å²) in [5.41, 5.74) is -9.87. The van der Waals surface area contributed by atoms with E-state index in [1.165, 1.54) is 0 Å². The summed E-state index contributed by atoms with van der Waals surface area (Å²) in [6, 6.07) is 0. The van der Waals surface area contributed by atoms with Crippen molar-refractivity contribution >= 4 is 23.5 Å². The molecule has 3 spiro atoms. The molecule has 214 valence electrons. The Morgan fingerprint density at radius 3 is 2.62 bits per heavy atom. The molecule has 12 heteroatoms. The quantitative estimate of drug-likeness (QED) is 0.303. The van der Waals surface area contributed by atoms with Crippen LogP contribution in [0.5, 0.6) is 0 Å². The number of esters is 2. The van der Waals surface area contributed by atoms with Crippen molar-refractivity contribution in [2.45, 2.75) is 93.3 Å². The van der Waals surface area contributed by atoms with Crippen LogP contribution in [0.15, 0.2) is 11.8 Å². The largest absolute Gasteiger partial charge is 0.458 e. The van der Waals surface area contributed by atoms with Gasteiger partial charge in [-0.15, -0.1) is 0 Å². The van der Waals surface area contributed by atoms with Crippen LogP contribution < -0.4 is 0 Å². The minimum Gasteiger partial charge on any atom is -0.458 e. The minimum absolute atomic E-state index is 0.0472. The lowest BCUT2D eigenvalue weighted by Crippen LogP contribution is -2.79. The molecule has 12 nitrogen and oxygen atoms in total. The Labute approximate surface area is 228 Å². The van der Waals surface area contributed by atoms with Gasteiger partial charge in [-0.05, 0) is 56.9 Å². The first-order valence-corrected chi connectivity index (χ1v) is 14.1. The molecule has 2 N–H and O–H groups in total. The third kappa shape index (κ3) is 1.96. The molecule has 13 unspecified atom stereocenters. The molecular formula is C28H30O12. The number of ketones is 2. The second-order valence-electron chi connectivity index (χ2n) is 14.0. The lowest BCUT2D eigenvalue weighted by Gasteiger charge is -2.63. The number of aliphatic hydroxyl groups excluding tert-OH is 1. The first-order chi connectivity index (χ1) is 18.8. The highest BCUT2D eigenvalue weighted by molar-refractivity contribution is 5.99. The van der Waals surface area contributed by atoms with E-state index in [-0.39, 0.29) is 44.5 Å². The van der Waals surface area contributed by atoms with Gasteiger partial charge in [-0.3, -0.25) is 14.4 Å². The molecule has 9 rings (SSSR count). The van der Waals surface area contributed by atoms with E-state index in [1.54, 1.807) is 26.8 Å². The fraction of sp³-hybridized carbons (Fsp3) is 0.786. The van der Waals surface area contributed by atoms with Crippen LogP contribution in [0.2, 0.25) is 0 Å². The number of Topliss-reactive ketones (excluding diaryl/α,β-unsaturated/α-hetero) is 2. The van der Waals surface area contributed by atoms with E-state index in [1.807, 2.05) is 0 Å². The Morgan fingerprint density at radius 1 is 1.07 bits per heavy atom. The Bertz CT molecular complexity index is 1410. The summed E-state index contributed by atoms with van der Waals surface area (Å²) in [6.07, 6.45) is -0.545. The van der Waals surface area contributed by atoms with Crippen molar-refractivity contribution in [1.82, 2.24) is 0 Å². The number of allylic oxidation sites excluding steroid dienone is 1. The molecule has 6 heterocycles. The molecule has 0 aromatic carbocycles. The third-order valence-corrected chi connectivity index (χ3v) is 12.9. The van der Waals surface area contributed by atoms with Gasteiger partial charge in [0.1, 0.15) is 17.6 Å². The molecule has 9 aliphatic rings. The van der Waals surface area contributed by atoms with E-state index in [0.29, 0.717) is 5.76 Å². The summed E-state index contributed by atoms with van der Waals surface area (Å²) < 4.78 is 25.1. The van der Waals surface area contributed by atoms with Gasteiger partial charge in [0.25, 0.3) is 0 Å². The zero-order valence-electron chi connectivity index (χ0n) is 22.3. The average Bonchev–Trinajstić information content (AvgIpc) is 3.43.